The molecule has 0 fully saturated rings. The number of hydrogen-bond acceptors (Lipinski definition) is 3. The Kier molecular flexibility index (Phi) is 10.9. The van der Waals surface area contributed by atoms with Crippen LogP contribution in [0.15, 0.2) is 147 Å². The number of nitrogens with two attached hydrogens (primary N) is 1. The van der Waals surface area contributed by atoms with Crippen molar-refractivity contribution < 1.29 is 0 Å². The number of aromatic amines is 2. The Balaban J connectivity index is 1.41. The number of aromatic nitrogens is 4. The molecule has 2 aliphatic heterocycles. The number of nitrogens with zero attached hydrogens (tertiary/aromatic N) is 2. The molecule has 2 aliphatic rings. The van der Waals surface area contributed by atoms with Gasteiger partial charge in [0.2, 0.25) is 0 Å². The summed E-state index contributed by atoms with van der Waals surface area (Å²) >= 11 is 0. The molecule has 0 spiro atoms. The van der Waals surface area contributed by atoms with Crippen LogP contribution >= 0.6 is 0 Å². The molecule has 0 radical (unpaired) electrons. The Labute approximate surface area is 370 Å². The molecular weight excluding hydrogens is 767 g/mol. The average Bonchev–Trinajstić information content (AvgIpc) is 4.13. The molecule has 63 heavy (non-hydrogen) atoms. The summed E-state index contributed by atoms with van der Waals surface area (Å²) in [5.74, 6) is 0. The van der Waals surface area contributed by atoms with Gasteiger partial charge in [-0.25, -0.2) is 9.97 Å². The number of anilines is 1. The van der Waals surface area contributed by atoms with Crippen LogP contribution in [-0.4, -0.2) is 19.9 Å². The van der Waals surface area contributed by atoms with Gasteiger partial charge in [0.25, 0.3) is 0 Å². The van der Waals surface area contributed by atoms with Gasteiger partial charge in [0.15, 0.2) is 0 Å². The summed E-state index contributed by atoms with van der Waals surface area (Å²) in [6.45, 7) is 20.7. The van der Waals surface area contributed by atoms with Gasteiger partial charge in [-0.15, -0.1) is 19.7 Å². The van der Waals surface area contributed by atoms with Crippen molar-refractivity contribution in [3.05, 3.63) is 198 Å². The monoisotopic (exact) mass is 819 g/mol. The topological polar surface area (TPSA) is 83.4 Å². The van der Waals surface area contributed by atoms with E-state index in [-0.39, 0.29) is 5.41 Å². The number of nitrogen functional groups attached to an aromatic ring is 1. The number of allylic oxidation sites excluding steroid dienone is 3. The minimum atomic E-state index is -0.167. The van der Waals surface area contributed by atoms with Crippen molar-refractivity contribution in [2.45, 2.75) is 52.4 Å². The molecule has 5 heterocycles. The molecule has 0 aliphatic carbocycles. The van der Waals surface area contributed by atoms with Gasteiger partial charge in [-0.05, 0) is 147 Å². The minimum Gasteiger partial charge on any atom is -0.398 e. The fourth-order valence-electron chi connectivity index (χ4n) is 9.40. The third-order valence-electron chi connectivity index (χ3n) is 12.7. The van der Waals surface area contributed by atoms with Gasteiger partial charge in [0.1, 0.15) is 0 Å². The highest BCUT2D eigenvalue weighted by molar-refractivity contribution is 6.00. The van der Waals surface area contributed by atoms with E-state index in [1.54, 1.807) is 0 Å². The maximum Gasteiger partial charge on any atom is 0.0737 e. The van der Waals surface area contributed by atoms with E-state index in [0.717, 1.165) is 125 Å². The first kappa shape index (κ1) is 40.9. The summed E-state index contributed by atoms with van der Waals surface area (Å²) in [4.78, 5) is 18.8. The van der Waals surface area contributed by atoms with Crippen LogP contribution in [0.25, 0.3) is 90.9 Å². The summed E-state index contributed by atoms with van der Waals surface area (Å²) in [7, 11) is 0. The zero-order valence-corrected chi connectivity index (χ0v) is 36.6. The van der Waals surface area contributed by atoms with Gasteiger partial charge < -0.3 is 15.7 Å². The van der Waals surface area contributed by atoms with E-state index in [4.69, 9.17) is 15.7 Å². The second-order valence-corrected chi connectivity index (χ2v) is 17.1. The Hall–Kier alpha value is -7.50. The summed E-state index contributed by atoms with van der Waals surface area (Å²) in [5, 5.41) is 0. The van der Waals surface area contributed by atoms with Crippen LogP contribution in [0.4, 0.5) is 5.69 Å². The normalized spacial score (nSPS) is 12.1. The zero-order valence-electron chi connectivity index (χ0n) is 36.6. The van der Waals surface area contributed by atoms with Gasteiger partial charge >= 0.3 is 0 Å². The van der Waals surface area contributed by atoms with Crippen molar-refractivity contribution in [3.8, 4) is 44.5 Å². The lowest BCUT2D eigenvalue weighted by Crippen LogP contribution is -2.24. The standard InChI is InChI=1S/C58H53N5/c1-8-31-58(32-9-2,33-10-3)44-21-19-42(20-22-44)55-49-25-23-45(60-49)53(40-15-11-36(4)12-16-40)47-27-29-51(62-47)56(43-34-38(6)57(59)39(7)35-43)52-30-28-48(63-52)54(46-24-26-50(55)61-46)41-17-13-37(5)14-18-41/h8-30,34-35,60,63H,1-3,31-33,59H2,4-7H3. The van der Waals surface area contributed by atoms with Crippen LogP contribution in [0.3, 0.4) is 0 Å². The predicted octanol–water partition coefficient (Wildman–Crippen LogP) is 15.1. The number of fused-ring (bicyclic) bond motifs is 8. The number of nitrogens with one attached hydrogen (secondary N) is 2. The number of rotatable bonds is 11. The van der Waals surface area contributed by atoms with E-state index in [2.05, 4.69) is 191 Å². The molecular formula is C58H53N5. The van der Waals surface area contributed by atoms with E-state index in [9.17, 15) is 0 Å². The Morgan fingerprint density at radius 2 is 0.778 bits per heavy atom. The zero-order chi connectivity index (χ0) is 43.8. The van der Waals surface area contributed by atoms with Crippen molar-refractivity contribution in [3.63, 3.8) is 0 Å². The average molecular weight is 820 g/mol. The number of benzene rings is 4. The summed E-state index contributed by atoms with van der Waals surface area (Å²) in [6, 6.07) is 39.4. The molecule has 4 aromatic carbocycles. The first-order valence-corrected chi connectivity index (χ1v) is 21.7. The highest BCUT2D eigenvalue weighted by Gasteiger charge is 2.29. The van der Waals surface area contributed by atoms with Gasteiger partial charge in [-0.1, -0.05) is 102 Å². The fraction of sp³-hybridized carbons (Fsp3) is 0.138. The molecule has 7 aromatic rings. The molecule has 0 saturated carbocycles. The van der Waals surface area contributed by atoms with E-state index < -0.39 is 0 Å². The lowest BCUT2D eigenvalue weighted by Gasteiger charge is -2.32. The maximum absolute atomic E-state index is 6.53. The third-order valence-corrected chi connectivity index (χ3v) is 12.7. The smallest absolute Gasteiger partial charge is 0.0737 e. The number of hydrogen-bond donors (Lipinski definition) is 3. The van der Waals surface area contributed by atoms with Gasteiger partial charge in [-0.2, -0.15) is 0 Å². The Bertz CT molecular complexity index is 3070. The van der Waals surface area contributed by atoms with Crippen molar-refractivity contribution in [2.24, 2.45) is 0 Å². The fourth-order valence-corrected chi connectivity index (χ4v) is 9.40. The highest BCUT2D eigenvalue weighted by atomic mass is 14.8. The summed E-state index contributed by atoms with van der Waals surface area (Å²) in [5.41, 5.74) is 28.4. The largest absolute Gasteiger partial charge is 0.398 e. The van der Waals surface area contributed by atoms with Crippen LogP contribution in [0.5, 0.6) is 0 Å². The predicted molar refractivity (Wildman–Crippen MR) is 270 cm³/mol. The van der Waals surface area contributed by atoms with Gasteiger partial charge in [0.05, 0.1) is 22.8 Å². The molecule has 8 bridgehead atoms. The van der Waals surface area contributed by atoms with Crippen molar-refractivity contribution in [1.29, 1.82) is 0 Å². The molecule has 0 saturated heterocycles. The third kappa shape index (κ3) is 7.61. The van der Waals surface area contributed by atoms with Crippen molar-refractivity contribution in [2.75, 3.05) is 5.73 Å². The van der Waals surface area contributed by atoms with E-state index >= 15 is 0 Å². The van der Waals surface area contributed by atoms with Gasteiger partial charge in [0, 0.05) is 55.4 Å². The van der Waals surface area contributed by atoms with E-state index in [0.29, 0.717) is 0 Å². The van der Waals surface area contributed by atoms with Gasteiger partial charge in [-0.3, -0.25) is 0 Å². The molecule has 4 N–H and O–H groups in total. The molecule has 0 amide bonds. The second-order valence-electron chi connectivity index (χ2n) is 17.1. The highest BCUT2D eigenvalue weighted by Crippen LogP contribution is 2.41. The first-order valence-electron chi connectivity index (χ1n) is 21.7. The quantitative estimate of drug-likeness (QED) is 0.0898. The molecule has 9 rings (SSSR count). The Morgan fingerprint density at radius 1 is 0.460 bits per heavy atom. The minimum absolute atomic E-state index is 0.167. The van der Waals surface area contributed by atoms with Crippen LogP contribution in [0.2, 0.25) is 0 Å². The van der Waals surface area contributed by atoms with Crippen LogP contribution in [0, 0.1) is 27.7 Å². The number of H-pyrrole nitrogens is 2. The maximum atomic E-state index is 6.53. The van der Waals surface area contributed by atoms with Crippen molar-refractivity contribution in [1.82, 2.24) is 19.9 Å². The molecule has 5 heteroatoms. The van der Waals surface area contributed by atoms with E-state index in [1.807, 2.05) is 18.2 Å². The van der Waals surface area contributed by atoms with E-state index in [1.165, 1.54) is 16.7 Å². The molecule has 0 atom stereocenters. The van der Waals surface area contributed by atoms with Crippen LogP contribution in [0.1, 0.15) is 69.9 Å². The molecule has 3 aromatic heterocycles. The lowest BCUT2D eigenvalue weighted by molar-refractivity contribution is 0.442. The van der Waals surface area contributed by atoms with Crippen LogP contribution in [-0.2, 0) is 5.41 Å². The first-order chi connectivity index (χ1) is 30.6. The molecule has 0 unspecified atom stereocenters. The summed E-state index contributed by atoms with van der Waals surface area (Å²) < 4.78 is 0. The SMILES string of the molecule is C=CCC(CC=C)(CC=C)c1ccc(-c2c3nc(c(-c4ccc(C)cc4)c4ccc([nH]4)c(-c4cc(C)c(N)c(C)c4)c4nc(c(-c5ccc(C)cc5)c5ccc2[nH]5)C=C4)C=C3)cc1. The Morgan fingerprint density at radius 3 is 1.11 bits per heavy atom. The van der Waals surface area contributed by atoms with Crippen LogP contribution < -0.4 is 5.73 Å². The molecule has 5 nitrogen and oxygen atoms in total. The second kappa shape index (κ2) is 16.8. The number of aryl methyl sites for hydroxylation is 4. The summed E-state index contributed by atoms with van der Waals surface area (Å²) in [6.07, 6.45) is 17.1. The lowest BCUT2D eigenvalue weighted by atomic mass is 9.72. The van der Waals surface area contributed by atoms with Crippen molar-refractivity contribution >= 4 is 52.1 Å². The molecule has 310 valence electrons.